The molecular formula is C24H17NO. The van der Waals surface area contributed by atoms with Gasteiger partial charge in [0.05, 0.1) is 11.0 Å². The molecule has 0 bridgehead atoms. The molecule has 2 unspecified atom stereocenters. The molecule has 2 heterocycles. The van der Waals surface area contributed by atoms with Gasteiger partial charge < -0.3 is 9.30 Å². The highest BCUT2D eigenvalue weighted by Crippen LogP contribution is 2.43. The van der Waals surface area contributed by atoms with Crippen molar-refractivity contribution in [1.29, 1.82) is 0 Å². The van der Waals surface area contributed by atoms with Crippen molar-refractivity contribution >= 4 is 27.5 Å². The molecule has 0 radical (unpaired) electrons. The summed E-state index contributed by atoms with van der Waals surface area (Å²) in [4.78, 5) is 0. The number of hydrogen-bond donors (Lipinski definition) is 0. The summed E-state index contributed by atoms with van der Waals surface area (Å²) in [5.74, 6) is 1.28. The van der Waals surface area contributed by atoms with Gasteiger partial charge in [0.25, 0.3) is 0 Å². The van der Waals surface area contributed by atoms with Gasteiger partial charge in [-0.1, -0.05) is 54.6 Å². The van der Waals surface area contributed by atoms with Crippen LogP contribution in [-0.2, 0) is 0 Å². The number of rotatable bonds is 1. The van der Waals surface area contributed by atoms with E-state index in [1.807, 2.05) is 6.07 Å². The van der Waals surface area contributed by atoms with Crippen molar-refractivity contribution in [3.8, 4) is 5.75 Å². The average Bonchev–Trinajstić information content (AvgIpc) is 3.23. The molecule has 1 aromatic heterocycles. The zero-order valence-electron chi connectivity index (χ0n) is 14.2. The van der Waals surface area contributed by atoms with Crippen LogP contribution >= 0.6 is 0 Å². The van der Waals surface area contributed by atoms with Crippen LogP contribution in [-0.4, -0.2) is 10.7 Å². The summed E-state index contributed by atoms with van der Waals surface area (Å²) in [7, 11) is 0. The highest BCUT2D eigenvalue weighted by atomic mass is 16.5. The van der Waals surface area contributed by atoms with Crippen LogP contribution in [0.2, 0.25) is 0 Å². The van der Waals surface area contributed by atoms with E-state index in [4.69, 9.17) is 4.74 Å². The first-order chi connectivity index (χ1) is 12.9. The Hall–Kier alpha value is -3.26. The fourth-order valence-electron chi connectivity index (χ4n) is 4.39. The Bertz CT molecular complexity index is 1170. The van der Waals surface area contributed by atoms with Gasteiger partial charge in [-0.15, -0.1) is 0 Å². The fraction of sp³-hybridized carbons (Fsp3) is 0.0833. The van der Waals surface area contributed by atoms with Crippen molar-refractivity contribution in [2.24, 2.45) is 0 Å². The summed E-state index contributed by atoms with van der Waals surface area (Å²) in [6.07, 6.45) is 6.86. The second-order valence-corrected chi connectivity index (χ2v) is 6.97. The molecule has 2 heteroatoms. The Morgan fingerprint density at radius 1 is 0.731 bits per heavy atom. The van der Waals surface area contributed by atoms with Gasteiger partial charge in [-0.3, -0.25) is 0 Å². The summed E-state index contributed by atoms with van der Waals surface area (Å²) >= 11 is 0. The van der Waals surface area contributed by atoms with Gasteiger partial charge in [-0.25, -0.2) is 0 Å². The molecule has 0 saturated carbocycles. The lowest BCUT2D eigenvalue weighted by Gasteiger charge is -2.20. The lowest BCUT2D eigenvalue weighted by atomic mass is 9.91. The van der Waals surface area contributed by atoms with E-state index in [9.17, 15) is 0 Å². The summed E-state index contributed by atoms with van der Waals surface area (Å²) in [5.41, 5.74) is 4.98. The number of para-hydroxylation sites is 3. The van der Waals surface area contributed by atoms with Crippen LogP contribution in [0.4, 0.5) is 0 Å². The fourth-order valence-corrected chi connectivity index (χ4v) is 4.39. The van der Waals surface area contributed by atoms with Crippen molar-refractivity contribution in [2.75, 3.05) is 0 Å². The van der Waals surface area contributed by atoms with Gasteiger partial charge in [0, 0.05) is 28.0 Å². The number of allylic oxidation sites excluding steroid dienone is 2. The van der Waals surface area contributed by atoms with Gasteiger partial charge in [0.15, 0.2) is 0 Å². The molecule has 0 amide bonds. The van der Waals surface area contributed by atoms with Gasteiger partial charge >= 0.3 is 0 Å². The maximum absolute atomic E-state index is 6.11. The van der Waals surface area contributed by atoms with E-state index in [1.165, 1.54) is 33.1 Å². The Labute approximate surface area is 151 Å². The SMILES string of the molecule is C1=CC2Oc3ccccc3C2C=C1n1c2ccccc2c2ccccc21. The van der Waals surface area contributed by atoms with Crippen molar-refractivity contribution < 1.29 is 4.74 Å². The number of nitrogens with zero attached hydrogens (tertiary/aromatic N) is 1. The third kappa shape index (κ3) is 1.81. The predicted octanol–water partition coefficient (Wildman–Crippen LogP) is 5.75. The van der Waals surface area contributed by atoms with E-state index < -0.39 is 0 Å². The molecule has 1 aliphatic carbocycles. The molecule has 0 fully saturated rings. The zero-order valence-corrected chi connectivity index (χ0v) is 14.2. The first-order valence-electron chi connectivity index (χ1n) is 9.04. The number of ether oxygens (including phenoxy) is 1. The van der Waals surface area contributed by atoms with Crippen LogP contribution in [0.3, 0.4) is 0 Å². The quantitative estimate of drug-likeness (QED) is 0.432. The first kappa shape index (κ1) is 14.0. The van der Waals surface area contributed by atoms with Crippen LogP contribution < -0.4 is 4.74 Å². The van der Waals surface area contributed by atoms with Gasteiger partial charge in [-0.2, -0.15) is 0 Å². The van der Waals surface area contributed by atoms with Crippen LogP contribution in [0.5, 0.6) is 5.75 Å². The van der Waals surface area contributed by atoms with E-state index in [0.717, 1.165) is 5.75 Å². The molecule has 124 valence electrons. The lowest BCUT2D eigenvalue weighted by molar-refractivity contribution is 0.269. The molecule has 26 heavy (non-hydrogen) atoms. The Kier molecular flexibility index (Phi) is 2.75. The summed E-state index contributed by atoms with van der Waals surface area (Å²) in [5, 5.41) is 2.59. The molecule has 0 N–H and O–H groups in total. The molecule has 1 aliphatic heterocycles. The zero-order chi connectivity index (χ0) is 17.1. The molecule has 4 aromatic rings. The molecule has 3 aromatic carbocycles. The Morgan fingerprint density at radius 3 is 2.15 bits per heavy atom. The molecule has 6 rings (SSSR count). The van der Waals surface area contributed by atoms with Crippen molar-refractivity contribution in [1.82, 2.24) is 4.57 Å². The Balaban J connectivity index is 1.61. The maximum Gasteiger partial charge on any atom is 0.128 e. The molecule has 2 atom stereocenters. The van der Waals surface area contributed by atoms with Crippen LogP contribution in [0.15, 0.2) is 91.0 Å². The number of hydrogen-bond acceptors (Lipinski definition) is 1. The third-order valence-electron chi connectivity index (χ3n) is 5.54. The smallest absolute Gasteiger partial charge is 0.128 e. The van der Waals surface area contributed by atoms with Gasteiger partial charge in [-0.05, 0) is 36.4 Å². The van der Waals surface area contributed by atoms with E-state index in [0.29, 0.717) is 0 Å². The van der Waals surface area contributed by atoms with E-state index in [1.54, 1.807) is 0 Å². The summed E-state index contributed by atoms with van der Waals surface area (Å²) in [6.45, 7) is 0. The summed E-state index contributed by atoms with van der Waals surface area (Å²) < 4.78 is 8.48. The van der Waals surface area contributed by atoms with E-state index in [-0.39, 0.29) is 12.0 Å². The van der Waals surface area contributed by atoms with Gasteiger partial charge in [0.1, 0.15) is 11.9 Å². The number of fused-ring (bicyclic) bond motifs is 6. The molecular weight excluding hydrogens is 318 g/mol. The van der Waals surface area contributed by atoms with Crippen LogP contribution in [0.25, 0.3) is 27.5 Å². The third-order valence-corrected chi connectivity index (χ3v) is 5.54. The molecule has 0 saturated heterocycles. The highest BCUT2D eigenvalue weighted by Gasteiger charge is 2.33. The van der Waals surface area contributed by atoms with E-state index >= 15 is 0 Å². The van der Waals surface area contributed by atoms with E-state index in [2.05, 4.69) is 89.5 Å². The van der Waals surface area contributed by atoms with Gasteiger partial charge in [0.2, 0.25) is 0 Å². The minimum atomic E-state index is 0.101. The van der Waals surface area contributed by atoms with Crippen molar-refractivity contribution in [3.63, 3.8) is 0 Å². The first-order valence-corrected chi connectivity index (χ1v) is 9.04. The molecule has 0 spiro atoms. The normalized spacial score (nSPS) is 20.7. The average molecular weight is 335 g/mol. The second-order valence-electron chi connectivity index (χ2n) is 6.97. The molecule has 2 nitrogen and oxygen atoms in total. The van der Waals surface area contributed by atoms with Crippen molar-refractivity contribution in [2.45, 2.75) is 12.0 Å². The number of aromatic nitrogens is 1. The number of benzene rings is 3. The summed E-state index contributed by atoms with van der Waals surface area (Å²) in [6, 6.07) is 25.6. The lowest BCUT2D eigenvalue weighted by Crippen LogP contribution is -2.18. The minimum Gasteiger partial charge on any atom is -0.485 e. The maximum atomic E-state index is 6.11. The predicted molar refractivity (Wildman–Crippen MR) is 106 cm³/mol. The van der Waals surface area contributed by atoms with Crippen LogP contribution in [0.1, 0.15) is 11.5 Å². The minimum absolute atomic E-state index is 0.101. The largest absolute Gasteiger partial charge is 0.485 e. The second kappa shape index (κ2) is 5.12. The van der Waals surface area contributed by atoms with Crippen LogP contribution in [0, 0.1) is 0 Å². The topological polar surface area (TPSA) is 14.2 Å². The Morgan fingerprint density at radius 2 is 1.38 bits per heavy atom. The highest BCUT2D eigenvalue weighted by molar-refractivity contribution is 6.10. The van der Waals surface area contributed by atoms with Crippen molar-refractivity contribution in [3.05, 3.63) is 96.6 Å². The molecule has 2 aliphatic rings. The monoisotopic (exact) mass is 335 g/mol. The standard InChI is InChI=1S/C24H17NO/c1-4-10-21-17(7-1)18-8-2-5-11-22(18)25(21)16-13-14-24-20(15-16)19-9-3-6-12-23(19)26-24/h1-15,20,24H.